The van der Waals surface area contributed by atoms with Crippen LogP contribution in [0.3, 0.4) is 0 Å². The molecule has 92 valence electrons. The minimum atomic E-state index is -1.12. The average Bonchev–Trinajstić information content (AvgIpc) is 2.15. The Morgan fingerprint density at radius 2 is 2.24 bits per heavy atom. The van der Waals surface area contributed by atoms with E-state index in [1.54, 1.807) is 6.92 Å². The van der Waals surface area contributed by atoms with E-state index in [2.05, 4.69) is 10.3 Å². The standard InChI is InChI=1S/C10H12ClN3O3/c1-5(4-8(12)15)13-9-6(10(16)17)2-3-7(11)14-9/h2-3,5H,4H2,1H3,(H2,12,15)(H,13,14)(H,16,17). The van der Waals surface area contributed by atoms with Gasteiger partial charge >= 0.3 is 5.97 Å². The molecule has 1 heterocycles. The van der Waals surface area contributed by atoms with Crippen molar-refractivity contribution in [2.24, 2.45) is 5.73 Å². The SMILES string of the molecule is CC(CC(N)=O)Nc1nc(Cl)ccc1C(=O)O. The number of carboxylic acids is 1. The third-order valence-electron chi connectivity index (χ3n) is 1.98. The van der Waals surface area contributed by atoms with Crippen LogP contribution in [0.5, 0.6) is 0 Å². The first-order valence-electron chi connectivity index (χ1n) is 4.85. The van der Waals surface area contributed by atoms with Gasteiger partial charge in [0.25, 0.3) is 0 Å². The van der Waals surface area contributed by atoms with Crippen LogP contribution in [0.15, 0.2) is 12.1 Å². The van der Waals surface area contributed by atoms with Gasteiger partial charge in [0.2, 0.25) is 5.91 Å². The number of carbonyl (C=O) groups is 2. The molecule has 7 heteroatoms. The van der Waals surface area contributed by atoms with Crippen molar-refractivity contribution >= 4 is 29.3 Å². The Hall–Kier alpha value is -1.82. The van der Waals surface area contributed by atoms with Crippen molar-refractivity contribution in [1.82, 2.24) is 4.98 Å². The zero-order valence-electron chi connectivity index (χ0n) is 9.11. The number of primary amides is 1. The largest absolute Gasteiger partial charge is 0.478 e. The number of pyridine rings is 1. The van der Waals surface area contributed by atoms with Crippen LogP contribution < -0.4 is 11.1 Å². The topological polar surface area (TPSA) is 105 Å². The fraction of sp³-hybridized carbons (Fsp3) is 0.300. The number of nitrogens with zero attached hydrogens (tertiary/aromatic N) is 1. The van der Waals surface area contributed by atoms with Crippen molar-refractivity contribution in [3.8, 4) is 0 Å². The maximum Gasteiger partial charge on any atom is 0.339 e. The predicted molar refractivity (Wildman–Crippen MR) is 63.1 cm³/mol. The Morgan fingerprint density at radius 1 is 1.59 bits per heavy atom. The van der Waals surface area contributed by atoms with Gasteiger partial charge in [0.1, 0.15) is 16.5 Å². The molecule has 1 amide bonds. The predicted octanol–water partition coefficient (Wildman–Crippen LogP) is 1.11. The second kappa shape index (κ2) is 5.49. The Kier molecular flexibility index (Phi) is 4.28. The number of hydrogen-bond acceptors (Lipinski definition) is 4. The fourth-order valence-electron chi connectivity index (χ4n) is 1.30. The van der Waals surface area contributed by atoms with E-state index < -0.39 is 11.9 Å². The van der Waals surface area contributed by atoms with Gasteiger partial charge in [0, 0.05) is 12.5 Å². The maximum atomic E-state index is 10.9. The number of nitrogens with two attached hydrogens (primary N) is 1. The summed E-state index contributed by atoms with van der Waals surface area (Å²) in [5, 5.41) is 11.9. The number of nitrogens with one attached hydrogen (secondary N) is 1. The number of carboxylic acid groups (broad SMARTS) is 1. The fourth-order valence-corrected chi connectivity index (χ4v) is 1.45. The molecule has 0 aliphatic heterocycles. The van der Waals surface area contributed by atoms with Gasteiger partial charge in [-0.15, -0.1) is 0 Å². The third-order valence-corrected chi connectivity index (χ3v) is 2.19. The summed E-state index contributed by atoms with van der Waals surface area (Å²) >= 11 is 5.68. The molecule has 0 aliphatic rings. The van der Waals surface area contributed by atoms with Crippen LogP contribution in [0.1, 0.15) is 23.7 Å². The van der Waals surface area contributed by atoms with E-state index in [0.29, 0.717) is 0 Å². The summed E-state index contributed by atoms with van der Waals surface area (Å²) in [5.74, 6) is -1.48. The van der Waals surface area contributed by atoms with Crippen molar-refractivity contribution in [2.75, 3.05) is 5.32 Å². The molecule has 1 rings (SSSR count). The number of hydrogen-bond donors (Lipinski definition) is 3. The molecule has 1 atom stereocenters. The van der Waals surface area contributed by atoms with Gasteiger partial charge in [-0.1, -0.05) is 11.6 Å². The Morgan fingerprint density at radius 3 is 2.76 bits per heavy atom. The minimum Gasteiger partial charge on any atom is -0.478 e. The lowest BCUT2D eigenvalue weighted by atomic mass is 10.2. The molecule has 4 N–H and O–H groups in total. The van der Waals surface area contributed by atoms with Crippen LogP contribution in [0.2, 0.25) is 5.15 Å². The molecule has 0 aromatic carbocycles. The molecule has 1 unspecified atom stereocenters. The van der Waals surface area contributed by atoms with Crippen molar-refractivity contribution in [3.05, 3.63) is 22.8 Å². The van der Waals surface area contributed by atoms with E-state index in [4.69, 9.17) is 22.4 Å². The van der Waals surface area contributed by atoms with E-state index in [-0.39, 0.29) is 29.0 Å². The quantitative estimate of drug-likeness (QED) is 0.685. The molecule has 0 saturated heterocycles. The van der Waals surface area contributed by atoms with Crippen molar-refractivity contribution in [1.29, 1.82) is 0 Å². The van der Waals surface area contributed by atoms with E-state index in [1.807, 2.05) is 0 Å². The smallest absolute Gasteiger partial charge is 0.339 e. The minimum absolute atomic E-state index is 0.00859. The van der Waals surface area contributed by atoms with Crippen LogP contribution in [0.25, 0.3) is 0 Å². The summed E-state index contributed by atoms with van der Waals surface area (Å²) in [5.41, 5.74) is 5.02. The van der Waals surface area contributed by atoms with Crippen molar-refractivity contribution in [3.63, 3.8) is 0 Å². The number of halogens is 1. The molecule has 0 radical (unpaired) electrons. The third kappa shape index (κ3) is 3.92. The highest BCUT2D eigenvalue weighted by molar-refractivity contribution is 6.29. The first kappa shape index (κ1) is 13.2. The first-order chi connectivity index (χ1) is 7.90. The number of anilines is 1. The van der Waals surface area contributed by atoms with E-state index in [9.17, 15) is 9.59 Å². The van der Waals surface area contributed by atoms with Gasteiger partial charge in [-0.25, -0.2) is 9.78 Å². The molecule has 0 fully saturated rings. The van der Waals surface area contributed by atoms with E-state index in [1.165, 1.54) is 12.1 Å². The number of aromatic nitrogens is 1. The van der Waals surface area contributed by atoms with E-state index >= 15 is 0 Å². The molecule has 1 aromatic heterocycles. The maximum absolute atomic E-state index is 10.9. The molecule has 0 spiro atoms. The first-order valence-corrected chi connectivity index (χ1v) is 5.22. The van der Waals surface area contributed by atoms with Gasteiger partial charge in [-0.05, 0) is 19.1 Å². The lowest BCUT2D eigenvalue weighted by Crippen LogP contribution is -2.25. The zero-order chi connectivity index (χ0) is 13.0. The molecule has 6 nitrogen and oxygen atoms in total. The summed E-state index contributed by atoms with van der Waals surface area (Å²) in [4.78, 5) is 25.5. The van der Waals surface area contributed by atoms with Crippen molar-refractivity contribution in [2.45, 2.75) is 19.4 Å². The highest BCUT2D eigenvalue weighted by atomic mass is 35.5. The molecule has 0 saturated carbocycles. The van der Waals surface area contributed by atoms with Crippen LogP contribution in [-0.2, 0) is 4.79 Å². The summed E-state index contributed by atoms with van der Waals surface area (Å²) in [6.45, 7) is 1.69. The van der Waals surface area contributed by atoms with Gasteiger partial charge in [0.15, 0.2) is 0 Å². The molecular formula is C10H12ClN3O3. The molecule has 1 aromatic rings. The summed E-state index contributed by atoms with van der Waals surface area (Å²) in [6.07, 6.45) is 0.0766. The number of carbonyl (C=O) groups excluding carboxylic acids is 1. The normalized spacial score (nSPS) is 11.9. The Balaban J connectivity index is 2.92. The van der Waals surface area contributed by atoms with E-state index in [0.717, 1.165) is 0 Å². The van der Waals surface area contributed by atoms with Gasteiger partial charge in [0.05, 0.1) is 0 Å². The van der Waals surface area contributed by atoms with Crippen molar-refractivity contribution < 1.29 is 14.7 Å². The highest BCUT2D eigenvalue weighted by Gasteiger charge is 2.15. The van der Waals surface area contributed by atoms with Gasteiger partial charge in [-0.2, -0.15) is 0 Å². The summed E-state index contributed by atoms with van der Waals surface area (Å²) in [7, 11) is 0. The Bertz CT molecular complexity index is 450. The van der Waals surface area contributed by atoms with Gasteiger partial charge in [-0.3, -0.25) is 4.79 Å². The van der Waals surface area contributed by atoms with Gasteiger partial charge < -0.3 is 16.2 Å². The van der Waals surface area contributed by atoms with Crippen LogP contribution in [0, 0.1) is 0 Å². The molecule has 0 aliphatic carbocycles. The van der Waals surface area contributed by atoms with Crippen LogP contribution in [-0.4, -0.2) is 28.0 Å². The summed E-state index contributed by atoms with van der Waals surface area (Å²) in [6, 6.07) is 2.41. The lowest BCUT2D eigenvalue weighted by molar-refractivity contribution is -0.118. The summed E-state index contributed by atoms with van der Waals surface area (Å²) < 4.78 is 0. The van der Waals surface area contributed by atoms with Crippen LogP contribution in [0.4, 0.5) is 5.82 Å². The lowest BCUT2D eigenvalue weighted by Gasteiger charge is -2.14. The average molecular weight is 258 g/mol. The zero-order valence-corrected chi connectivity index (χ0v) is 9.86. The molecule has 17 heavy (non-hydrogen) atoms. The Labute approximate surface area is 103 Å². The second-order valence-electron chi connectivity index (χ2n) is 3.55. The monoisotopic (exact) mass is 257 g/mol. The molecule has 0 bridgehead atoms. The molecular weight excluding hydrogens is 246 g/mol. The highest BCUT2D eigenvalue weighted by Crippen LogP contribution is 2.17. The number of amides is 1. The number of rotatable bonds is 5. The number of aromatic carboxylic acids is 1. The second-order valence-corrected chi connectivity index (χ2v) is 3.94. The van der Waals surface area contributed by atoms with Crippen LogP contribution >= 0.6 is 11.6 Å².